The molecule has 0 amide bonds. The van der Waals surface area contributed by atoms with E-state index in [1.807, 2.05) is 0 Å². The Hall–Kier alpha value is -0.403. The molecule has 0 aliphatic carbocycles. The van der Waals surface area contributed by atoms with Crippen LogP contribution in [0.5, 0.6) is 0 Å². The Morgan fingerprint density at radius 2 is 0.933 bits per heavy atom. The summed E-state index contributed by atoms with van der Waals surface area (Å²) < 4.78 is 0. The molecule has 92 valence electrons. The minimum Gasteiger partial charge on any atom is -0.545 e. The van der Waals surface area contributed by atoms with E-state index in [-0.39, 0.29) is 56.9 Å². The van der Waals surface area contributed by atoms with Crippen LogP contribution in [0.25, 0.3) is 0 Å². The van der Waals surface area contributed by atoms with E-state index < -0.39 is 0 Å². The van der Waals surface area contributed by atoms with Crippen molar-refractivity contribution >= 4 is 31.9 Å². The van der Waals surface area contributed by atoms with E-state index in [1.54, 1.807) is 0 Å². The minimum absolute atomic E-state index is 0. The Balaban J connectivity index is -0.0000000221. The average Bonchev–Trinajstić information content (AvgIpc) is 2.12. The van der Waals surface area contributed by atoms with Crippen molar-refractivity contribution < 1.29 is 62.9 Å². The van der Waals surface area contributed by atoms with E-state index in [0.29, 0.717) is 0 Å². The SMILES string of the molecule is CC(=O)CC(C)=O.[CH-]=O.[CH-]=O.[CH-]=O.[Rh+2].[Rh]. The Bertz CT molecular complexity index is 124. The maximum atomic E-state index is 10.0. The maximum Gasteiger partial charge on any atom is 2.00 e. The van der Waals surface area contributed by atoms with Crippen molar-refractivity contribution in [3.63, 3.8) is 0 Å². The zero-order valence-corrected chi connectivity index (χ0v) is 11.4. The van der Waals surface area contributed by atoms with Crippen molar-refractivity contribution in [2.45, 2.75) is 20.3 Å². The minimum atomic E-state index is -0.0625. The molecule has 7 heteroatoms. The largest absolute Gasteiger partial charge is 2.00 e. The first-order valence-electron chi connectivity index (χ1n) is 2.82. The van der Waals surface area contributed by atoms with E-state index >= 15 is 0 Å². The van der Waals surface area contributed by atoms with Gasteiger partial charge in [0, 0.05) is 19.5 Å². The molecule has 0 aromatic rings. The van der Waals surface area contributed by atoms with Crippen LogP contribution < -0.4 is 0 Å². The Morgan fingerprint density at radius 3 is 0.933 bits per heavy atom. The number of hydrogen-bond donors (Lipinski definition) is 0. The molecule has 2 radical (unpaired) electrons. The summed E-state index contributed by atoms with van der Waals surface area (Å²) in [5.74, 6) is -0.125. The van der Waals surface area contributed by atoms with Crippen molar-refractivity contribution in [3.05, 3.63) is 0 Å². The van der Waals surface area contributed by atoms with Crippen molar-refractivity contribution in [2.75, 3.05) is 0 Å². The molecule has 0 aliphatic heterocycles. The van der Waals surface area contributed by atoms with Gasteiger partial charge in [0.15, 0.2) is 0 Å². The fourth-order valence-corrected chi connectivity index (χ4v) is 0.351. The van der Waals surface area contributed by atoms with Crippen LogP contribution in [0.2, 0.25) is 0 Å². The second-order valence-electron chi connectivity index (χ2n) is 1.58. The van der Waals surface area contributed by atoms with Gasteiger partial charge in [-0.05, 0) is 13.8 Å². The Kier molecular flexibility index (Phi) is 121. The number of rotatable bonds is 2. The predicted molar refractivity (Wildman–Crippen MR) is 46.2 cm³/mol. The summed E-state index contributed by atoms with van der Waals surface area (Å²) in [6.45, 7) is 12.6. The van der Waals surface area contributed by atoms with Gasteiger partial charge in [0.05, 0.1) is 6.42 Å². The van der Waals surface area contributed by atoms with Crippen molar-refractivity contribution in [2.24, 2.45) is 0 Å². The molecule has 5 nitrogen and oxygen atoms in total. The van der Waals surface area contributed by atoms with E-state index in [0.717, 1.165) is 0 Å². The Morgan fingerprint density at radius 1 is 0.800 bits per heavy atom. The third-order valence-electron chi connectivity index (χ3n) is 0.498. The monoisotopic (exact) mass is 393 g/mol. The third-order valence-corrected chi connectivity index (χ3v) is 0.498. The Labute approximate surface area is 115 Å². The van der Waals surface area contributed by atoms with Crippen LogP contribution in [0, 0.1) is 0 Å². The number of carbonyl (C=O) groups is 2. The first-order valence-corrected chi connectivity index (χ1v) is 2.82. The van der Waals surface area contributed by atoms with E-state index in [4.69, 9.17) is 14.4 Å². The molecule has 0 atom stereocenters. The maximum absolute atomic E-state index is 10.0. The molecule has 0 fully saturated rings. The molecular weight excluding hydrogens is 382 g/mol. The van der Waals surface area contributed by atoms with Gasteiger partial charge in [0.1, 0.15) is 11.6 Å². The van der Waals surface area contributed by atoms with Crippen LogP contribution >= 0.6 is 0 Å². The molecular formula is C8H11O5Rh2-. The van der Waals surface area contributed by atoms with Gasteiger partial charge >= 0.3 is 19.5 Å². The topological polar surface area (TPSA) is 85.3 Å². The quantitative estimate of drug-likeness (QED) is 0.279. The summed E-state index contributed by atoms with van der Waals surface area (Å²) in [6, 6.07) is 0. The van der Waals surface area contributed by atoms with Crippen LogP contribution in [0.4, 0.5) is 0 Å². The molecule has 0 aromatic heterocycles. The molecule has 15 heavy (non-hydrogen) atoms. The molecule has 0 rings (SSSR count). The standard InChI is InChI=1S/C5H8O2.3CHO.2Rh/c1-4(6)3-5(2)7;3*1-2;;/h3H2,1-2H3;3*1H;;/q;3*-1;;+2. The zero-order valence-electron chi connectivity index (χ0n) is 8.15. The summed E-state index contributed by atoms with van der Waals surface area (Å²) in [6.07, 6.45) is 0.0833. The van der Waals surface area contributed by atoms with Gasteiger partial charge in [-0.25, -0.2) is 0 Å². The molecule has 0 N–H and O–H groups in total. The van der Waals surface area contributed by atoms with Crippen LogP contribution in [0.3, 0.4) is 0 Å². The number of ketones is 2. The van der Waals surface area contributed by atoms with E-state index in [1.165, 1.54) is 13.8 Å². The molecule has 0 spiro atoms. The second kappa shape index (κ2) is 49.6. The molecule has 0 bridgehead atoms. The zero-order chi connectivity index (χ0) is 11.9. The number of hydrogen-bond acceptors (Lipinski definition) is 5. The number of carbonyl (C=O) groups excluding carboxylic acids is 5. The normalized spacial score (nSPS) is 4.67. The summed E-state index contributed by atoms with van der Waals surface area (Å²) in [4.78, 5) is 43.3. The van der Waals surface area contributed by atoms with Gasteiger partial charge in [-0.3, -0.25) is 30.0 Å². The van der Waals surface area contributed by atoms with Gasteiger partial charge in [0.25, 0.3) is 0 Å². The van der Waals surface area contributed by atoms with Crippen molar-refractivity contribution in [1.82, 2.24) is 0 Å². The molecule has 0 aliphatic rings. The molecule has 0 aromatic carbocycles. The predicted octanol–water partition coefficient (Wildman–Crippen LogP) is -0.273. The molecule has 0 heterocycles. The first-order chi connectivity index (χ1) is 6.13. The van der Waals surface area contributed by atoms with Gasteiger partial charge in [-0.1, -0.05) is 0 Å². The van der Waals surface area contributed by atoms with Crippen molar-refractivity contribution in [3.8, 4) is 0 Å². The smallest absolute Gasteiger partial charge is 0.545 e. The molecule has 0 saturated carbocycles. The van der Waals surface area contributed by atoms with E-state index in [2.05, 4.69) is 20.4 Å². The van der Waals surface area contributed by atoms with Gasteiger partial charge in [-0.2, -0.15) is 0 Å². The van der Waals surface area contributed by atoms with Crippen LogP contribution in [-0.4, -0.2) is 31.9 Å². The van der Waals surface area contributed by atoms with Crippen LogP contribution in [-0.2, 0) is 62.9 Å². The van der Waals surface area contributed by atoms with Crippen molar-refractivity contribution in [1.29, 1.82) is 0 Å². The first kappa shape index (κ1) is 36.5. The van der Waals surface area contributed by atoms with Gasteiger partial charge in [-0.15, -0.1) is 0 Å². The second-order valence-corrected chi connectivity index (χ2v) is 1.58. The summed E-state index contributed by atoms with van der Waals surface area (Å²) >= 11 is 0. The van der Waals surface area contributed by atoms with Gasteiger partial charge in [0.2, 0.25) is 0 Å². The average molecular weight is 393 g/mol. The summed E-state index contributed by atoms with van der Waals surface area (Å²) in [5, 5.41) is 0. The van der Waals surface area contributed by atoms with E-state index in [9.17, 15) is 9.59 Å². The van der Waals surface area contributed by atoms with Crippen LogP contribution in [0.1, 0.15) is 20.3 Å². The molecule has 0 saturated heterocycles. The molecule has 0 unspecified atom stereocenters. The summed E-state index contributed by atoms with van der Waals surface area (Å²) in [5.41, 5.74) is 0. The fourth-order valence-electron chi connectivity index (χ4n) is 0.351. The third kappa shape index (κ3) is 141. The van der Waals surface area contributed by atoms with Crippen LogP contribution in [0.15, 0.2) is 0 Å². The fraction of sp³-hybridized carbons (Fsp3) is 0.375. The van der Waals surface area contributed by atoms with Gasteiger partial charge < -0.3 is 14.4 Å². The number of Topliss-reactive ketones (excluding diaryl/α,β-unsaturated/α-hetero) is 2. The summed E-state index contributed by atoms with van der Waals surface area (Å²) in [7, 11) is 0.